The van der Waals surface area contributed by atoms with Gasteiger partial charge in [0, 0.05) is 11.0 Å². The highest BCUT2D eigenvalue weighted by Crippen LogP contribution is 2.57. The van der Waals surface area contributed by atoms with Crippen LogP contribution in [0.1, 0.15) is 26.2 Å². The highest BCUT2D eigenvalue weighted by atomic mass is 32.2. The predicted octanol–water partition coefficient (Wildman–Crippen LogP) is -0.377. The summed E-state index contributed by atoms with van der Waals surface area (Å²) in [6.45, 7) is 2.09. The van der Waals surface area contributed by atoms with Crippen LogP contribution in [0.4, 0.5) is 0 Å². The Morgan fingerprint density at radius 2 is 2.29 bits per heavy atom. The molecule has 3 rings (SSSR count). The molecule has 1 heterocycles. The van der Waals surface area contributed by atoms with Gasteiger partial charge in [0.15, 0.2) is 0 Å². The highest BCUT2D eigenvalue weighted by Gasteiger charge is 2.68. The van der Waals surface area contributed by atoms with E-state index in [1.54, 1.807) is 0 Å². The lowest BCUT2D eigenvalue weighted by Crippen LogP contribution is -2.55. The number of nitrogens with two attached hydrogens (primary N) is 2. The van der Waals surface area contributed by atoms with Crippen molar-refractivity contribution in [2.24, 2.45) is 29.2 Å². The Labute approximate surface area is 127 Å². The second-order valence-corrected chi connectivity index (χ2v) is 7.80. The van der Waals surface area contributed by atoms with Crippen molar-refractivity contribution in [2.75, 3.05) is 5.75 Å². The number of hydrogen-bond donors (Lipinski definition) is 3. The van der Waals surface area contributed by atoms with Gasteiger partial charge in [0.2, 0.25) is 5.91 Å². The first kappa shape index (κ1) is 15.1. The lowest BCUT2D eigenvalue weighted by atomic mass is 9.66. The van der Waals surface area contributed by atoms with Crippen molar-refractivity contribution in [3.05, 3.63) is 0 Å². The normalized spacial score (nSPS) is 46.0. The molecule has 1 aliphatic heterocycles. The maximum Gasteiger partial charge on any atom is 0.313 e. The Bertz CT molecular complexity index is 474. The molecule has 3 fully saturated rings. The minimum atomic E-state index is -1.03. The van der Waals surface area contributed by atoms with Gasteiger partial charge in [-0.2, -0.15) is 11.8 Å². The molecule has 7 heteroatoms. The molecule has 0 spiro atoms. The maximum atomic E-state index is 12.2. The van der Waals surface area contributed by atoms with Gasteiger partial charge in [0.25, 0.3) is 0 Å². The molecule has 0 aromatic rings. The van der Waals surface area contributed by atoms with Crippen molar-refractivity contribution in [3.63, 3.8) is 0 Å². The Balaban J connectivity index is 1.80. The molecule has 5 N–H and O–H groups in total. The lowest BCUT2D eigenvalue weighted by molar-refractivity contribution is -0.145. The smallest absolute Gasteiger partial charge is 0.313 e. The van der Waals surface area contributed by atoms with Gasteiger partial charge in [0.1, 0.15) is 17.6 Å². The largest absolute Gasteiger partial charge is 0.459 e. The molecule has 6 nitrogen and oxygen atoms in total. The summed E-state index contributed by atoms with van der Waals surface area (Å²) in [5.74, 6) is -0.590. The number of aliphatic hydroxyl groups is 1. The Kier molecular flexibility index (Phi) is 3.70. The van der Waals surface area contributed by atoms with Crippen LogP contribution in [0.25, 0.3) is 0 Å². The van der Waals surface area contributed by atoms with Crippen LogP contribution in [0, 0.1) is 17.8 Å². The summed E-state index contributed by atoms with van der Waals surface area (Å²) in [6, 6.07) is -0.730. The standard InChI is InChI=1S/C14H22N2O4S/c1-6-4-7-2-3-9-14(7,19)10(13(18)20-9)11(6)21-5-8(15)12(16)17/h6-11,19H,2-5,15H2,1H3,(H2,16,17)/t6-,7+,8-,9+,10?,11+,14+/m0/s1. The fourth-order valence-electron chi connectivity index (χ4n) is 4.26. The van der Waals surface area contributed by atoms with E-state index in [2.05, 4.69) is 6.92 Å². The fourth-order valence-corrected chi connectivity index (χ4v) is 5.82. The molecular formula is C14H22N2O4S. The van der Waals surface area contributed by atoms with Gasteiger partial charge in [-0.1, -0.05) is 6.92 Å². The molecule has 0 aromatic carbocycles. The van der Waals surface area contributed by atoms with Crippen LogP contribution in [0.3, 0.4) is 0 Å². The minimum absolute atomic E-state index is 0.0766. The molecular weight excluding hydrogens is 292 g/mol. The second-order valence-electron chi connectivity index (χ2n) is 6.58. The summed E-state index contributed by atoms with van der Waals surface area (Å²) in [6.07, 6.45) is 2.17. The minimum Gasteiger partial charge on any atom is -0.459 e. The number of amides is 1. The molecule has 1 saturated heterocycles. The van der Waals surface area contributed by atoms with Gasteiger partial charge in [-0.25, -0.2) is 0 Å². The maximum absolute atomic E-state index is 12.2. The third-order valence-electron chi connectivity index (χ3n) is 5.34. The second kappa shape index (κ2) is 5.14. The van der Waals surface area contributed by atoms with Crippen LogP contribution < -0.4 is 11.5 Å². The number of hydrogen-bond acceptors (Lipinski definition) is 6. The van der Waals surface area contributed by atoms with Crippen molar-refractivity contribution in [2.45, 2.75) is 49.2 Å². The number of rotatable bonds is 4. The number of ether oxygens (including phenoxy) is 1. The van der Waals surface area contributed by atoms with Crippen LogP contribution in [0.15, 0.2) is 0 Å². The highest BCUT2D eigenvalue weighted by molar-refractivity contribution is 8.00. The summed E-state index contributed by atoms with van der Waals surface area (Å²) in [5.41, 5.74) is 9.83. The number of carbonyl (C=O) groups excluding carboxylic acids is 2. The van der Waals surface area contributed by atoms with Crippen LogP contribution in [0.5, 0.6) is 0 Å². The number of primary amides is 1. The van der Waals surface area contributed by atoms with Gasteiger partial charge < -0.3 is 21.3 Å². The molecule has 1 amide bonds. The van der Waals surface area contributed by atoms with E-state index in [-0.39, 0.29) is 29.2 Å². The van der Waals surface area contributed by atoms with Crippen molar-refractivity contribution >= 4 is 23.6 Å². The first-order valence-electron chi connectivity index (χ1n) is 7.45. The van der Waals surface area contributed by atoms with Crippen LogP contribution in [-0.4, -0.2) is 45.7 Å². The van der Waals surface area contributed by atoms with Gasteiger partial charge in [-0.15, -0.1) is 0 Å². The third kappa shape index (κ3) is 2.17. The Morgan fingerprint density at radius 1 is 1.57 bits per heavy atom. The molecule has 0 bridgehead atoms. The lowest BCUT2D eigenvalue weighted by Gasteiger charge is -2.44. The molecule has 118 valence electrons. The predicted molar refractivity (Wildman–Crippen MR) is 78.2 cm³/mol. The fraction of sp³-hybridized carbons (Fsp3) is 0.857. The van der Waals surface area contributed by atoms with Crippen LogP contribution in [0.2, 0.25) is 0 Å². The van der Waals surface area contributed by atoms with E-state index >= 15 is 0 Å². The van der Waals surface area contributed by atoms with E-state index in [1.807, 2.05) is 0 Å². The van der Waals surface area contributed by atoms with Crippen molar-refractivity contribution in [1.82, 2.24) is 0 Å². The van der Waals surface area contributed by atoms with E-state index in [9.17, 15) is 14.7 Å². The quantitative estimate of drug-likeness (QED) is 0.609. The third-order valence-corrected chi connectivity index (χ3v) is 7.01. The average molecular weight is 314 g/mol. The van der Waals surface area contributed by atoms with E-state index < -0.39 is 23.5 Å². The number of esters is 1. The van der Waals surface area contributed by atoms with Gasteiger partial charge in [-0.3, -0.25) is 9.59 Å². The van der Waals surface area contributed by atoms with E-state index in [0.717, 1.165) is 19.3 Å². The van der Waals surface area contributed by atoms with Crippen LogP contribution in [-0.2, 0) is 14.3 Å². The molecule has 1 unspecified atom stereocenters. The molecule has 3 aliphatic rings. The zero-order valence-corrected chi connectivity index (χ0v) is 12.8. The van der Waals surface area contributed by atoms with E-state index in [0.29, 0.717) is 5.75 Å². The van der Waals surface area contributed by atoms with Crippen molar-refractivity contribution in [3.8, 4) is 0 Å². The molecule has 2 saturated carbocycles. The monoisotopic (exact) mass is 314 g/mol. The summed E-state index contributed by atoms with van der Waals surface area (Å²) >= 11 is 1.47. The molecule has 0 aromatic heterocycles. The molecule has 2 aliphatic carbocycles. The zero-order valence-electron chi connectivity index (χ0n) is 12.0. The SMILES string of the molecule is C[C@H]1C[C@H]2CC[C@H]3OC(=O)C([C@@H]1SC[C@H](N)C(N)=O)[C@@]23O. The van der Waals surface area contributed by atoms with Gasteiger partial charge in [-0.05, 0) is 31.1 Å². The zero-order chi connectivity index (χ0) is 15.4. The van der Waals surface area contributed by atoms with Gasteiger partial charge >= 0.3 is 5.97 Å². The Hall–Kier alpha value is -0.790. The van der Waals surface area contributed by atoms with Gasteiger partial charge in [0.05, 0.1) is 6.04 Å². The van der Waals surface area contributed by atoms with Crippen LogP contribution >= 0.6 is 11.8 Å². The first-order valence-corrected chi connectivity index (χ1v) is 8.50. The van der Waals surface area contributed by atoms with E-state index in [1.165, 1.54) is 11.8 Å². The average Bonchev–Trinajstić information content (AvgIpc) is 2.85. The molecule has 21 heavy (non-hydrogen) atoms. The summed E-state index contributed by atoms with van der Waals surface area (Å²) < 4.78 is 5.41. The molecule has 7 atom stereocenters. The van der Waals surface area contributed by atoms with Crippen molar-refractivity contribution in [1.29, 1.82) is 0 Å². The Morgan fingerprint density at radius 3 is 2.95 bits per heavy atom. The summed E-state index contributed by atoms with van der Waals surface area (Å²) in [4.78, 5) is 23.3. The summed E-state index contributed by atoms with van der Waals surface area (Å²) in [7, 11) is 0. The molecule has 0 radical (unpaired) electrons. The van der Waals surface area contributed by atoms with E-state index in [4.69, 9.17) is 16.2 Å². The first-order chi connectivity index (χ1) is 9.85. The van der Waals surface area contributed by atoms with Crippen molar-refractivity contribution < 1.29 is 19.4 Å². The number of thioether (sulfide) groups is 1. The topological polar surface area (TPSA) is 116 Å². The number of carbonyl (C=O) groups is 2. The summed E-state index contributed by atoms with van der Waals surface area (Å²) in [5, 5.41) is 11.0.